The van der Waals surface area contributed by atoms with E-state index < -0.39 is 18.0 Å². The van der Waals surface area contributed by atoms with Crippen molar-refractivity contribution in [1.82, 2.24) is 5.32 Å². The first kappa shape index (κ1) is 16.2. The Morgan fingerprint density at radius 1 is 1.40 bits per heavy atom. The minimum absolute atomic E-state index is 0.0206. The summed E-state index contributed by atoms with van der Waals surface area (Å²) in [5.74, 6) is -1.99. The molecule has 2 N–H and O–H groups in total. The number of rotatable bonds is 8. The van der Waals surface area contributed by atoms with E-state index in [1.807, 2.05) is 17.5 Å². The van der Waals surface area contributed by atoms with Crippen molar-refractivity contribution in [3.8, 4) is 0 Å². The van der Waals surface area contributed by atoms with Crippen LogP contribution in [0.5, 0.6) is 0 Å². The highest BCUT2D eigenvalue weighted by Crippen LogP contribution is 2.11. The predicted molar refractivity (Wildman–Crippen MR) is 73.5 cm³/mol. The summed E-state index contributed by atoms with van der Waals surface area (Å²) in [5.41, 5.74) is 0. The van der Waals surface area contributed by atoms with Crippen molar-refractivity contribution in [2.75, 3.05) is 7.11 Å². The zero-order chi connectivity index (χ0) is 15.0. The third kappa shape index (κ3) is 5.83. The number of methoxy groups -OCH3 is 1. The Bertz CT molecular complexity index is 457. The van der Waals surface area contributed by atoms with Gasteiger partial charge >= 0.3 is 11.9 Å². The summed E-state index contributed by atoms with van der Waals surface area (Å²) >= 11 is 1.55. The number of hydrogen-bond donors (Lipinski definition) is 2. The van der Waals surface area contributed by atoms with Crippen LogP contribution >= 0.6 is 11.3 Å². The van der Waals surface area contributed by atoms with E-state index in [0.29, 0.717) is 6.42 Å². The van der Waals surface area contributed by atoms with Gasteiger partial charge in [0.2, 0.25) is 5.91 Å². The van der Waals surface area contributed by atoms with Crippen LogP contribution in [-0.2, 0) is 25.5 Å². The normalized spacial score (nSPS) is 11.7. The van der Waals surface area contributed by atoms with Crippen molar-refractivity contribution >= 4 is 29.2 Å². The summed E-state index contributed by atoms with van der Waals surface area (Å²) in [7, 11) is 1.23. The van der Waals surface area contributed by atoms with E-state index in [9.17, 15) is 14.4 Å². The number of esters is 1. The molecule has 0 fully saturated rings. The largest absolute Gasteiger partial charge is 0.480 e. The number of aliphatic carboxylic acids is 1. The lowest BCUT2D eigenvalue weighted by molar-refractivity contribution is -0.144. The van der Waals surface area contributed by atoms with Crippen LogP contribution in [0.2, 0.25) is 0 Å². The molecular formula is C13H17NO5S. The molecule has 1 aromatic rings. The third-order valence-electron chi connectivity index (χ3n) is 2.68. The summed E-state index contributed by atoms with van der Waals surface area (Å²) in [5, 5.41) is 13.3. The first-order valence-corrected chi connectivity index (χ1v) is 7.02. The molecule has 0 saturated carbocycles. The first-order valence-electron chi connectivity index (χ1n) is 6.14. The fourth-order valence-electron chi connectivity index (χ4n) is 1.58. The highest BCUT2D eigenvalue weighted by atomic mass is 32.1. The highest BCUT2D eigenvalue weighted by Gasteiger charge is 2.21. The number of thiophene rings is 1. The summed E-state index contributed by atoms with van der Waals surface area (Å²) in [6.45, 7) is 0. The van der Waals surface area contributed by atoms with Gasteiger partial charge in [-0.25, -0.2) is 4.79 Å². The number of carbonyl (C=O) groups is 3. The number of carbonyl (C=O) groups excluding carboxylic acids is 2. The average Bonchev–Trinajstić information content (AvgIpc) is 2.93. The summed E-state index contributed by atoms with van der Waals surface area (Å²) in [6, 6.07) is 2.75. The molecular weight excluding hydrogens is 282 g/mol. The van der Waals surface area contributed by atoms with Crippen molar-refractivity contribution in [2.45, 2.75) is 31.7 Å². The molecule has 6 nitrogen and oxygen atoms in total. The van der Waals surface area contributed by atoms with Crippen LogP contribution in [0.15, 0.2) is 17.5 Å². The number of ether oxygens (including phenoxy) is 1. The van der Waals surface area contributed by atoms with E-state index in [1.54, 1.807) is 11.3 Å². The summed E-state index contributed by atoms with van der Waals surface area (Å²) in [4.78, 5) is 34.7. The van der Waals surface area contributed by atoms with Gasteiger partial charge in [0, 0.05) is 17.7 Å². The second-order valence-electron chi connectivity index (χ2n) is 4.15. The molecule has 0 aliphatic heterocycles. The molecule has 0 unspecified atom stereocenters. The van der Waals surface area contributed by atoms with Crippen molar-refractivity contribution in [1.29, 1.82) is 0 Å². The molecule has 0 spiro atoms. The van der Waals surface area contributed by atoms with Gasteiger partial charge in [-0.2, -0.15) is 0 Å². The van der Waals surface area contributed by atoms with Gasteiger partial charge in [0.25, 0.3) is 0 Å². The van der Waals surface area contributed by atoms with Crippen molar-refractivity contribution in [3.05, 3.63) is 22.4 Å². The maximum absolute atomic E-state index is 11.7. The van der Waals surface area contributed by atoms with E-state index in [0.717, 1.165) is 4.88 Å². The number of aryl methyl sites for hydroxylation is 1. The van der Waals surface area contributed by atoms with Gasteiger partial charge in [0.05, 0.1) is 7.11 Å². The fourth-order valence-corrected chi connectivity index (χ4v) is 2.29. The van der Waals surface area contributed by atoms with Crippen LogP contribution in [0.25, 0.3) is 0 Å². The smallest absolute Gasteiger partial charge is 0.326 e. The number of carboxylic acids is 1. The molecule has 0 radical (unpaired) electrons. The lowest BCUT2D eigenvalue weighted by atomic mass is 10.1. The second kappa shape index (κ2) is 8.31. The zero-order valence-corrected chi connectivity index (χ0v) is 11.9. The Balaban J connectivity index is 2.38. The Labute approximate surface area is 120 Å². The zero-order valence-electron chi connectivity index (χ0n) is 11.1. The SMILES string of the molecule is COC(=O)CC[C@H](NC(=O)CCc1cccs1)C(=O)O. The Hall–Kier alpha value is -1.89. The molecule has 0 bridgehead atoms. The van der Waals surface area contributed by atoms with Gasteiger partial charge in [-0.15, -0.1) is 11.3 Å². The molecule has 0 aromatic carbocycles. The van der Waals surface area contributed by atoms with Crippen molar-refractivity contribution in [2.24, 2.45) is 0 Å². The van der Waals surface area contributed by atoms with Crippen LogP contribution in [0.4, 0.5) is 0 Å². The lowest BCUT2D eigenvalue weighted by Crippen LogP contribution is -2.41. The molecule has 1 heterocycles. The standard InChI is InChI=1S/C13H17NO5S/c1-19-12(16)7-5-10(13(17)18)14-11(15)6-4-9-3-2-8-20-9/h2-3,8,10H,4-7H2,1H3,(H,14,15)(H,17,18)/t10-/m0/s1. The lowest BCUT2D eigenvalue weighted by Gasteiger charge is -2.13. The van der Waals surface area contributed by atoms with Crippen LogP contribution in [-0.4, -0.2) is 36.1 Å². The molecule has 0 saturated heterocycles. The molecule has 110 valence electrons. The van der Waals surface area contributed by atoms with Gasteiger partial charge in [-0.1, -0.05) is 6.07 Å². The van der Waals surface area contributed by atoms with E-state index in [2.05, 4.69) is 10.1 Å². The van der Waals surface area contributed by atoms with Crippen LogP contribution in [0.1, 0.15) is 24.1 Å². The maximum atomic E-state index is 11.7. The molecule has 1 rings (SSSR count). The van der Waals surface area contributed by atoms with Crippen molar-refractivity contribution in [3.63, 3.8) is 0 Å². The van der Waals surface area contributed by atoms with Gasteiger partial charge in [0.15, 0.2) is 0 Å². The molecule has 1 amide bonds. The Kier molecular flexibility index (Phi) is 6.72. The minimum Gasteiger partial charge on any atom is -0.480 e. The third-order valence-corrected chi connectivity index (χ3v) is 3.61. The summed E-state index contributed by atoms with van der Waals surface area (Å²) in [6.07, 6.45) is 0.779. The molecule has 20 heavy (non-hydrogen) atoms. The Morgan fingerprint density at radius 2 is 2.15 bits per heavy atom. The van der Waals surface area contributed by atoms with E-state index in [-0.39, 0.29) is 25.2 Å². The van der Waals surface area contributed by atoms with Crippen LogP contribution in [0, 0.1) is 0 Å². The van der Waals surface area contributed by atoms with Gasteiger partial charge in [-0.05, 0) is 24.3 Å². The van der Waals surface area contributed by atoms with Gasteiger partial charge in [0.1, 0.15) is 6.04 Å². The van der Waals surface area contributed by atoms with Gasteiger partial charge < -0.3 is 15.2 Å². The molecule has 1 aromatic heterocycles. The second-order valence-corrected chi connectivity index (χ2v) is 5.18. The maximum Gasteiger partial charge on any atom is 0.326 e. The van der Waals surface area contributed by atoms with E-state index in [1.165, 1.54) is 7.11 Å². The topological polar surface area (TPSA) is 92.7 Å². The van der Waals surface area contributed by atoms with Crippen LogP contribution < -0.4 is 5.32 Å². The molecule has 1 atom stereocenters. The van der Waals surface area contributed by atoms with Gasteiger partial charge in [-0.3, -0.25) is 9.59 Å². The Morgan fingerprint density at radius 3 is 2.70 bits per heavy atom. The molecule has 0 aliphatic carbocycles. The van der Waals surface area contributed by atoms with Crippen molar-refractivity contribution < 1.29 is 24.2 Å². The predicted octanol–water partition coefficient (Wildman–Crippen LogP) is 1.20. The minimum atomic E-state index is -1.15. The number of nitrogens with one attached hydrogen (secondary N) is 1. The fraction of sp³-hybridized carbons (Fsp3) is 0.462. The van der Waals surface area contributed by atoms with E-state index in [4.69, 9.17) is 5.11 Å². The highest BCUT2D eigenvalue weighted by molar-refractivity contribution is 7.09. The molecule has 0 aliphatic rings. The average molecular weight is 299 g/mol. The number of amides is 1. The van der Waals surface area contributed by atoms with Crippen LogP contribution in [0.3, 0.4) is 0 Å². The van der Waals surface area contributed by atoms with E-state index >= 15 is 0 Å². The monoisotopic (exact) mass is 299 g/mol. The first-order chi connectivity index (χ1) is 9.52. The summed E-state index contributed by atoms with van der Waals surface area (Å²) < 4.78 is 4.44. The number of hydrogen-bond acceptors (Lipinski definition) is 5. The quantitative estimate of drug-likeness (QED) is 0.704. The molecule has 7 heteroatoms. The number of carboxylic acid groups (broad SMARTS) is 1.